The van der Waals surface area contributed by atoms with E-state index in [1.54, 1.807) is 0 Å². The number of allylic oxidation sites excluding steroid dienone is 16. The van der Waals surface area contributed by atoms with Gasteiger partial charge < -0.3 is 14.2 Å². The van der Waals surface area contributed by atoms with Crippen molar-refractivity contribution >= 4 is 17.9 Å². The smallest absolute Gasteiger partial charge is 0.306 e. The van der Waals surface area contributed by atoms with Gasteiger partial charge in [-0.15, -0.1) is 0 Å². The SMILES string of the molecule is CC/C=C\C/C=C\C/C=C\C/C=C\C/C=C\C/C=C\CCC(=O)OC[C@H](COC(=O)CCCCCCCCC/C=C\CCCCCCCC)OC(=O)CCCCCCCCC/C=C\CCCCCC. The van der Waals surface area contributed by atoms with Crippen LogP contribution in [-0.4, -0.2) is 37.2 Å². The number of rotatable bonds is 51. The van der Waals surface area contributed by atoms with Gasteiger partial charge in [0.1, 0.15) is 13.2 Å². The van der Waals surface area contributed by atoms with Gasteiger partial charge in [-0.2, -0.15) is 0 Å². The molecule has 0 fully saturated rings. The van der Waals surface area contributed by atoms with E-state index in [1.165, 1.54) is 141 Å². The summed E-state index contributed by atoms with van der Waals surface area (Å²) in [5.41, 5.74) is 0. The van der Waals surface area contributed by atoms with Crippen molar-refractivity contribution in [1.82, 2.24) is 0 Å². The van der Waals surface area contributed by atoms with E-state index in [4.69, 9.17) is 14.2 Å². The maximum absolute atomic E-state index is 12.8. The minimum atomic E-state index is -0.813. The fraction of sp³-hybridized carbons (Fsp3) is 0.698. The highest BCUT2D eigenvalue weighted by Crippen LogP contribution is 2.14. The van der Waals surface area contributed by atoms with Crippen LogP contribution in [0, 0.1) is 0 Å². The third-order valence-corrected chi connectivity index (χ3v) is 12.1. The molecule has 0 spiro atoms. The molecule has 1 atom stereocenters. The van der Waals surface area contributed by atoms with Crippen LogP contribution >= 0.6 is 0 Å². The van der Waals surface area contributed by atoms with Crippen molar-refractivity contribution in [2.24, 2.45) is 0 Å². The van der Waals surface area contributed by atoms with Crippen molar-refractivity contribution in [1.29, 1.82) is 0 Å². The van der Waals surface area contributed by atoms with Gasteiger partial charge >= 0.3 is 17.9 Å². The van der Waals surface area contributed by atoms with Gasteiger partial charge in [0.25, 0.3) is 0 Å². The number of esters is 3. The van der Waals surface area contributed by atoms with E-state index in [0.717, 1.165) is 77.0 Å². The summed E-state index contributed by atoms with van der Waals surface area (Å²) in [5, 5.41) is 0. The van der Waals surface area contributed by atoms with E-state index in [1.807, 2.05) is 6.08 Å². The van der Waals surface area contributed by atoms with Crippen molar-refractivity contribution in [3.05, 3.63) is 97.2 Å². The topological polar surface area (TPSA) is 78.9 Å². The Morgan fingerprint density at radius 3 is 0.986 bits per heavy atom. The molecule has 394 valence electrons. The van der Waals surface area contributed by atoms with Gasteiger partial charge in [0.05, 0.1) is 0 Å². The van der Waals surface area contributed by atoms with Crippen LogP contribution in [0.5, 0.6) is 0 Å². The van der Waals surface area contributed by atoms with E-state index >= 15 is 0 Å². The number of hydrogen-bond donors (Lipinski definition) is 0. The van der Waals surface area contributed by atoms with E-state index in [9.17, 15) is 14.4 Å². The quantitative estimate of drug-likeness (QED) is 0.0262. The van der Waals surface area contributed by atoms with E-state index in [0.29, 0.717) is 19.3 Å². The molecule has 0 aromatic heterocycles. The molecule has 6 nitrogen and oxygen atoms in total. The zero-order valence-corrected chi connectivity index (χ0v) is 45.0. The minimum absolute atomic E-state index is 0.105. The summed E-state index contributed by atoms with van der Waals surface area (Å²) in [6.45, 7) is 6.45. The summed E-state index contributed by atoms with van der Waals surface area (Å²) >= 11 is 0. The number of carbonyl (C=O) groups is 3. The molecule has 6 heteroatoms. The zero-order valence-electron chi connectivity index (χ0n) is 45.0. The molecule has 0 aliphatic rings. The van der Waals surface area contributed by atoms with E-state index in [2.05, 4.69) is 112 Å². The third kappa shape index (κ3) is 55.1. The van der Waals surface area contributed by atoms with Gasteiger partial charge in [-0.1, -0.05) is 234 Å². The Labute approximate surface area is 426 Å². The normalized spacial score (nSPS) is 12.8. The minimum Gasteiger partial charge on any atom is -0.462 e. The highest BCUT2D eigenvalue weighted by molar-refractivity contribution is 5.71. The molecule has 0 bridgehead atoms. The van der Waals surface area contributed by atoms with E-state index < -0.39 is 6.10 Å². The lowest BCUT2D eigenvalue weighted by Crippen LogP contribution is -2.30. The summed E-state index contributed by atoms with van der Waals surface area (Å²) in [6, 6.07) is 0. The van der Waals surface area contributed by atoms with Crippen LogP contribution in [-0.2, 0) is 28.6 Å². The second-order valence-electron chi connectivity index (χ2n) is 18.8. The second kappa shape index (κ2) is 56.9. The monoisotopic (exact) mass is 959 g/mol. The molecule has 0 saturated carbocycles. The van der Waals surface area contributed by atoms with Gasteiger partial charge in [-0.3, -0.25) is 14.4 Å². The first-order valence-electron chi connectivity index (χ1n) is 28.7. The summed E-state index contributed by atoms with van der Waals surface area (Å²) in [5.74, 6) is -0.998. The van der Waals surface area contributed by atoms with Gasteiger partial charge in [-0.25, -0.2) is 0 Å². The predicted molar refractivity (Wildman–Crippen MR) is 297 cm³/mol. The molecule has 0 N–H and O–H groups in total. The number of carbonyl (C=O) groups excluding carboxylic acids is 3. The van der Waals surface area contributed by atoms with E-state index in [-0.39, 0.29) is 37.5 Å². The molecule has 0 amide bonds. The lowest BCUT2D eigenvalue weighted by atomic mass is 10.1. The van der Waals surface area contributed by atoms with Crippen molar-refractivity contribution in [3.8, 4) is 0 Å². The fourth-order valence-corrected chi connectivity index (χ4v) is 7.75. The molecule has 0 radical (unpaired) electrons. The van der Waals surface area contributed by atoms with Gasteiger partial charge in [-0.05, 0) is 109 Å². The Morgan fingerprint density at radius 2 is 0.594 bits per heavy atom. The molecule has 0 aliphatic heterocycles. The van der Waals surface area contributed by atoms with Crippen molar-refractivity contribution in [2.75, 3.05) is 13.2 Å². The molecule has 0 aromatic rings. The largest absolute Gasteiger partial charge is 0.462 e. The standard InChI is InChI=1S/C63H106O6/c1-4-7-10-13-16-19-22-25-28-30-31-33-36-38-41-44-47-50-53-56-62(65)68-59-60(69-63(66)57-54-51-48-45-42-39-34-27-24-21-18-15-12-9-6-3)58-67-61(64)55-52-49-46-43-40-37-35-32-29-26-23-20-17-14-11-8-5-2/h7,10,16,19,21,24-26,28-29,31,33,38,41,47,50,60H,4-6,8-9,11-15,17-18,20,22-23,27,30,32,34-37,39-40,42-46,48-49,51-59H2,1-3H3/b10-7-,19-16-,24-21-,28-25-,29-26-,33-31-,41-38-,50-47-/t60-/m0/s1. The summed E-state index contributed by atoms with van der Waals surface area (Å²) in [6.07, 6.45) is 75.5. The highest BCUT2D eigenvalue weighted by atomic mass is 16.6. The Bertz CT molecular complexity index is 1380. The Kier molecular flexibility index (Phi) is 53.9. The Balaban J connectivity index is 4.50. The van der Waals surface area contributed by atoms with Crippen molar-refractivity contribution < 1.29 is 28.6 Å². The number of hydrogen-bond acceptors (Lipinski definition) is 6. The molecule has 0 aromatic carbocycles. The summed E-state index contributed by atoms with van der Waals surface area (Å²) < 4.78 is 16.8. The second-order valence-corrected chi connectivity index (χ2v) is 18.8. The van der Waals surface area contributed by atoms with Crippen LogP contribution in [0.3, 0.4) is 0 Å². The fourth-order valence-electron chi connectivity index (χ4n) is 7.75. The van der Waals surface area contributed by atoms with Crippen LogP contribution in [0.25, 0.3) is 0 Å². The van der Waals surface area contributed by atoms with Crippen LogP contribution < -0.4 is 0 Å². The molecule has 0 unspecified atom stereocenters. The average molecular weight is 960 g/mol. The van der Waals surface area contributed by atoms with Crippen LogP contribution in [0.15, 0.2) is 97.2 Å². The van der Waals surface area contributed by atoms with Crippen LogP contribution in [0.2, 0.25) is 0 Å². The van der Waals surface area contributed by atoms with Crippen LogP contribution in [0.1, 0.15) is 265 Å². The molecular weight excluding hydrogens is 853 g/mol. The summed E-state index contributed by atoms with van der Waals surface area (Å²) in [7, 11) is 0. The van der Waals surface area contributed by atoms with Crippen LogP contribution in [0.4, 0.5) is 0 Å². The molecule has 0 heterocycles. The Morgan fingerprint density at radius 1 is 0.304 bits per heavy atom. The van der Waals surface area contributed by atoms with Gasteiger partial charge in [0.2, 0.25) is 0 Å². The molecule has 0 rings (SSSR count). The number of ether oxygens (including phenoxy) is 3. The average Bonchev–Trinajstić information content (AvgIpc) is 3.35. The lowest BCUT2D eigenvalue weighted by molar-refractivity contribution is -0.166. The molecule has 0 saturated heterocycles. The molecular formula is C63H106O6. The first kappa shape index (κ1) is 65.3. The summed E-state index contributed by atoms with van der Waals surface area (Å²) in [4.78, 5) is 38.1. The predicted octanol–water partition coefficient (Wildman–Crippen LogP) is 19.3. The molecule has 69 heavy (non-hydrogen) atoms. The maximum Gasteiger partial charge on any atom is 0.306 e. The lowest BCUT2D eigenvalue weighted by Gasteiger charge is -2.18. The van der Waals surface area contributed by atoms with Crippen molar-refractivity contribution in [3.63, 3.8) is 0 Å². The third-order valence-electron chi connectivity index (χ3n) is 12.1. The van der Waals surface area contributed by atoms with Crippen molar-refractivity contribution in [2.45, 2.75) is 271 Å². The Hall–Kier alpha value is -3.67. The zero-order chi connectivity index (χ0) is 50.0. The van der Waals surface area contributed by atoms with Gasteiger partial charge in [0.15, 0.2) is 6.10 Å². The first-order chi connectivity index (χ1) is 34.0. The highest BCUT2D eigenvalue weighted by Gasteiger charge is 2.19. The van der Waals surface area contributed by atoms with Gasteiger partial charge in [0, 0.05) is 19.3 Å². The maximum atomic E-state index is 12.8. The number of unbranched alkanes of at least 4 members (excludes halogenated alkanes) is 24. The molecule has 0 aliphatic carbocycles. The first-order valence-corrected chi connectivity index (χ1v) is 28.7.